The first kappa shape index (κ1) is 19.4. The molecule has 1 heterocycles. The molecule has 0 radical (unpaired) electrons. The molecule has 1 aromatic carbocycles. The lowest BCUT2D eigenvalue weighted by Crippen LogP contribution is -2.49. The minimum Gasteiger partial charge on any atom is -0.329 e. The quantitative estimate of drug-likeness (QED) is 0.830. The fourth-order valence-electron chi connectivity index (χ4n) is 2.90. The number of nitrogens with two attached hydrogens (primary N) is 1. The Hall–Kier alpha value is -0.620. The van der Waals surface area contributed by atoms with E-state index in [-0.39, 0.29) is 18.3 Å². The standard InChI is InChI=1S/C16H24BrN3O.ClH/c1-11-5-6-20(14(7-11)9-18)10-16(21)19-15-4-3-13(17)8-12(15)2;/h3-4,8,11,14H,5-7,9-10,18H2,1-2H3,(H,19,21);1H. The minimum atomic E-state index is 0. The molecule has 1 aliphatic heterocycles. The summed E-state index contributed by atoms with van der Waals surface area (Å²) < 4.78 is 1.02. The summed E-state index contributed by atoms with van der Waals surface area (Å²) in [6.07, 6.45) is 2.22. The van der Waals surface area contributed by atoms with Crippen molar-refractivity contribution in [2.75, 3.05) is 25.0 Å². The predicted octanol–water partition coefficient (Wildman–Crippen LogP) is 3.18. The van der Waals surface area contributed by atoms with Crippen LogP contribution in [0.5, 0.6) is 0 Å². The van der Waals surface area contributed by atoms with Gasteiger partial charge in [-0.05, 0) is 56.0 Å². The monoisotopic (exact) mass is 389 g/mol. The van der Waals surface area contributed by atoms with Crippen molar-refractivity contribution in [3.63, 3.8) is 0 Å². The van der Waals surface area contributed by atoms with Gasteiger partial charge in [-0.3, -0.25) is 9.69 Å². The highest BCUT2D eigenvalue weighted by Crippen LogP contribution is 2.23. The molecule has 0 aliphatic carbocycles. The summed E-state index contributed by atoms with van der Waals surface area (Å²) in [5.41, 5.74) is 7.78. The highest BCUT2D eigenvalue weighted by Gasteiger charge is 2.26. The number of anilines is 1. The number of carbonyl (C=O) groups is 1. The normalized spacial score (nSPS) is 22.0. The maximum atomic E-state index is 12.3. The number of likely N-dealkylation sites (tertiary alicyclic amines) is 1. The van der Waals surface area contributed by atoms with Crippen LogP contribution in [0.15, 0.2) is 22.7 Å². The molecule has 1 saturated heterocycles. The molecule has 1 amide bonds. The van der Waals surface area contributed by atoms with E-state index in [9.17, 15) is 4.79 Å². The van der Waals surface area contributed by atoms with Gasteiger partial charge in [0.1, 0.15) is 0 Å². The number of nitrogens with one attached hydrogen (secondary N) is 1. The van der Waals surface area contributed by atoms with Crippen LogP contribution in [0.2, 0.25) is 0 Å². The van der Waals surface area contributed by atoms with Crippen molar-refractivity contribution in [1.82, 2.24) is 4.90 Å². The molecule has 0 aromatic heterocycles. The zero-order chi connectivity index (χ0) is 15.4. The third-order valence-electron chi connectivity index (χ3n) is 4.18. The van der Waals surface area contributed by atoms with Crippen LogP contribution in [0.4, 0.5) is 5.69 Å². The van der Waals surface area contributed by atoms with Gasteiger partial charge in [0.25, 0.3) is 0 Å². The molecule has 124 valence electrons. The fourth-order valence-corrected chi connectivity index (χ4v) is 3.37. The zero-order valence-electron chi connectivity index (χ0n) is 13.1. The van der Waals surface area contributed by atoms with E-state index in [2.05, 4.69) is 33.1 Å². The Morgan fingerprint density at radius 1 is 1.50 bits per heavy atom. The lowest BCUT2D eigenvalue weighted by atomic mass is 9.92. The van der Waals surface area contributed by atoms with Gasteiger partial charge in [0.05, 0.1) is 6.54 Å². The summed E-state index contributed by atoms with van der Waals surface area (Å²) >= 11 is 3.43. The molecular weight excluding hydrogens is 366 g/mol. The van der Waals surface area contributed by atoms with Crippen LogP contribution < -0.4 is 11.1 Å². The second kappa shape index (κ2) is 8.87. The Kier molecular flexibility index (Phi) is 7.83. The van der Waals surface area contributed by atoms with Crippen molar-refractivity contribution in [1.29, 1.82) is 0 Å². The summed E-state index contributed by atoms with van der Waals surface area (Å²) in [7, 11) is 0. The van der Waals surface area contributed by atoms with Gasteiger partial charge in [0, 0.05) is 22.7 Å². The van der Waals surface area contributed by atoms with Crippen LogP contribution in [0.1, 0.15) is 25.3 Å². The molecule has 1 aromatic rings. The molecule has 2 rings (SSSR count). The van der Waals surface area contributed by atoms with E-state index < -0.39 is 0 Å². The molecule has 6 heteroatoms. The number of aryl methyl sites for hydroxylation is 1. The summed E-state index contributed by atoms with van der Waals surface area (Å²) in [6, 6.07) is 6.19. The van der Waals surface area contributed by atoms with Gasteiger partial charge < -0.3 is 11.1 Å². The van der Waals surface area contributed by atoms with Gasteiger partial charge in [-0.1, -0.05) is 22.9 Å². The molecule has 2 unspecified atom stereocenters. The van der Waals surface area contributed by atoms with E-state index in [1.165, 1.54) is 0 Å². The number of amides is 1. The molecule has 3 N–H and O–H groups in total. The first-order chi connectivity index (χ1) is 9.99. The molecule has 22 heavy (non-hydrogen) atoms. The Balaban J connectivity index is 0.00000242. The van der Waals surface area contributed by atoms with Gasteiger partial charge in [0.15, 0.2) is 0 Å². The van der Waals surface area contributed by atoms with Gasteiger partial charge >= 0.3 is 0 Å². The number of nitrogens with zero attached hydrogens (tertiary/aromatic N) is 1. The Morgan fingerprint density at radius 3 is 2.86 bits per heavy atom. The number of carbonyl (C=O) groups excluding carboxylic acids is 1. The molecule has 0 saturated carbocycles. The Labute approximate surface area is 147 Å². The second-order valence-electron chi connectivity index (χ2n) is 6.00. The van der Waals surface area contributed by atoms with Crippen LogP contribution in [0, 0.1) is 12.8 Å². The average molecular weight is 391 g/mol. The number of rotatable bonds is 4. The molecule has 1 aliphatic rings. The lowest BCUT2D eigenvalue weighted by Gasteiger charge is -2.37. The number of piperidine rings is 1. The Morgan fingerprint density at radius 2 is 2.23 bits per heavy atom. The molecular formula is C16H25BrClN3O. The highest BCUT2D eigenvalue weighted by molar-refractivity contribution is 9.10. The van der Waals surface area contributed by atoms with Crippen molar-refractivity contribution < 1.29 is 4.79 Å². The first-order valence-corrected chi connectivity index (χ1v) is 8.29. The third kappa shape index (κ3) is 5.23. The smallest absolute Gasteiger partial charge is 0.238 e. The average Bonchev–Trinajstić information content (AvgIpc) is 2.44. The fraction of sp³-hybridized carbons (Fsp3) is 0.562. The van der Waals surface area contributed by atoms with Crippen LogP contribution in [0.3, 0.4) is 0 Å². The lowest BCUT2D eigenvalue weighted by molar-refractivity contribution is -0.118. The summed E-state index contributed by atoms with van der Waals surface area (Å²) in [5, 5.41) is 3.00. The van der Waals surface area contributed by atoms with Crippen LogP contribution in [0.25, 0.3) is 0 Å². The maximum absolute atomic E-state index is 12.3. The third-order valence-corrected chi connectivity index (χ3v) is 4.67. The summed E-state index contributed by atoms with van der Waals surface area (Å²) in [5.74, 6) is 0.736. The van der Waals surface area contributed by atoms with Crippen LogP contribution >= 0.6 is 28.3 Å². The zero-order valence-corrected chi connectivity index (χ0v) is 15.5. The van der Waals surface area contributed by atoms with Crippen molar-refractivity contribution >= 4 is 39.9 Å². The van der Waals surface area contributed by atoms with Crippen molar-refractivity contribution in [2.24, 2.45) is 11.7 Å². The summed E-state index contributed by atoms with van der Waals surface area (Å²) in [4.78, 5) is 14.5. The van der Waals surface area contributed by atoms with E-state index in [0.717, 1.165) is 35.1 Å². The van der Waals surface area contributed by atoms with Gasteiger partial charge in [-0.25, -0.2) is 0 Å². The van der Waals surface area contributed by atoms with E-state index in [1.54, 1.807) is 0 Å². The van der Waals surface area contributed by atoms with Gasteiger partial charge in [-0.15, -0.1) is 12.4 Å². The second-order valence-corrected chi connectivity index (χ2v) is 6.91. The highest BCUT2D eigenvalue weighted by atomic mass is 79.9. The molecule has 1 fully saturated rings. The topological polar surface area (TPSA) is 58.4 Å². The maximum Gasteiger partial charge on any atom is 0.238 e. The Bertz CT molecular complexity index is 512. The van der Waals surface area contributed by atoms with Gasteiger partial charge in [0.2, 0.25) is 5.91 Å². The number of benzene rings is 1. The minimum absolute atomic E-state index is 0. The number of halogens is 2. The molecule has 2 atom stereocenters. The van der Waals surface area contributed by atoms with Crippen LogP contribution in [-0.4, -0.2) is 36.5 Å². The van der Waals surface area contributed by atoms with E-state index in [0.29, 0.717) is 25.0 Å². The molecule has 4 nitrogen and oxygen atoms in total. The van der Waals surface area contributed by atoms with Crippen molar-refractivity contribution in [3.05, 3.63) is 28.2 Å². The largest absolute Gasteiger partial charge is 0.329 e. The number of hydrogen-bond acceptors (Lipinski definition) is 3. The van der Waals surface area contributed by atoms with Gasteiger partial charge in [-0.2, -0.15) is 0 Å². The predicted molar refractivity (Wildman–Crippen MR) is 97.6 cm³/mol. The van der Waals surface area contributed by atoms with Crippen LogP contribution in [-0.2, 0) is 4.79 Å². The number of hydrogen-bond donors (Lipinski definition) is 2. The van der Waals surface area contributed by atoms with E-state index in [1.807, 2.05) is 25.1 Å². The molecule has 0 bridgehead atoms. The molecule has 0 spiro atoms. The van der Waals surface area contributed by atoms with Crippen molar-refractivity contribution in [3.8, 4) is 0 Å². The van der Waals surface area contributed by atoms with Crippen molar-refractivity contribution in [2.45, 2.75) is 32.7 Å². The van der Waals surface area contributed by atoms with E-state index in [4.69, 9.17) is 5.73 Å². The SMILES string of the molecule is Cc1cc(Br)ccc1NC(=O)CN1CCC(C)CC1CN.Cl. The summed E-state index contributed by atoms with van der Waals surface area (Å²) in [6.45, 7) is 6.24. The first-order valence-electron chi connectivity index (χ1n) is 7.49. The van der Waals surface area contributed by atoms with E-state index >= 15 is 0 Å².